The molecule has 1 aliphatic carbocycles. The van der Waals surface area contributed by atoms with Crippen LogP contribution in [0, 0.1) is 17.3 Å². The number of rotatable bonds is 4. The first-order valence-corrected chi connectivity index (χ1v) is 9.27. The average molecular weight is 295 g/mol. The average Bonchev–Trinajstić information content (AvgIpc) is 2.41. The van der Waals surface area contributed by atoms with Gasteiger partial charge in [-0.15, -0.1) is 0 Å². The number of hydrogen-bond acceptors (Lipinski definition) is 2. The molecule has 2 fully saturated rings. The molecule has 21 heavy (non-hydrogen) atoms. The fraction of sp³-hybridized carbons (Fsp3) is 1.00. The molecule has 0 amide bonds. The highest BCUT2D eigenvalue weighted by Gasteiger charge is 2.36. The van der Waals surface area contributed by atoms with E-state index in [4.69, 9.17) is 0 Å². The van der Waals surface area contributed by atoms with Crippen molar-refractivity contribution in [1.29, 1.82) is 0 Å². The van der Waals surface area contributed by atoms with Crippen LogP contribution in [0.2, 0.25) is 0 Å². The molecule has 2 unspecified atom stereocenters. The Bertz CT molecular complexity index is 312. The summed E-state index contributed by atoms with van der Waals surface area (Å²) in [4.78, 5) is 2.78. The molecule has 1 heterocycles. The maximum atomic E-state index is 3.82. The first kappa shape index (κ1) is 17.3. The van der Waals surface area contributed by atoms with Gasteiger partial charge in [-0.05, 0) is 63.8 Å². The summed E-state index contributed by atoms with van der Waals surface area (Å²) in [5.74, 6) is 1.78. The fourth-order valence-corrected chi connectivity index (χ4v) is 4.11. The Kier molecular flexibility index (Phi) is 5.76. The quantitative estimate of drug-likeness (QED) is 0.831. The summed E-state index contributed by atoms with van der Waals surface area (Å²) in [6.07, 6.45) is 8.57. The Morgan fingerprint density at radius 1 is 1.05 bits per heavy atom. The van der Waals surface area contributed by atoms with Gasteiger partial charge >= 0.3 is 0 Å². The van der Waals surface area contributed by atoms with Crippen LogP contribution in [-0.4, -0.2) is 36.6 Å². The van der Waals surface area contributed by atoms with Gasteiger partial charge in [0.05, 0.1) is 0 Å². The van der Waals surface area contributed by atoms with Gasteiger partial charge in [-0.25, -0.2) is 0 Å². The molecular weight excluding hydrogens is 256 g/mol. The number of hydrogen-bond donors (Lipinski definition) is 1. The van der Waals surface area contributed by atoms with Gasteiger partial charge in [0.2, 0.25) is 0 Å². The van der Waals surface area contributed by atoms with Crippen LogP contribution in [0.5, 0.6) is 0 Å². The lowest BCUT2D eigenvalue weighted by molar-refractivity contribution is 0.0554. The van der Waals surface area contributed by atoms with E-state index in [1.54, 1.807) is 0 Å². The van der Waals surface area contributed by atoms with Crippen molar-refractivity contribution in [2.45, 2.75) is 78.7 Å². The first-order chi connectivity index (χ1) is 9.80. The predicted octanol–water partition coefficient (Wildman–Crippen LogP) is 4.30. The summed E-state index contributed by atoms with van der Waals surface area (Å²) in [6.45, 7) is 16.9. The zero-order valence-corrected chi connectivity index (χ0v) is 15.2. The highest BCUT2D eigenvalue weighted by molar-refractivity contribution is 4.91. The van der Waals surface area contributed by atoms with Crippen molar-refractivity contribution in [3.05, 3.63) is 0 Å². The molecule has 0 radical (unpaired) electrons. The van der Waals surface area contributed by atoms with Gasteiger partial charge in [-0.3, -0.25) is 0 Å². The molecule has 2 rings (SSSR count). The van der Waals surface area contributed by atoms with Crippen LogP contribution in [-0.2, 0) is 0 Å². The molecule has 1 saturated carbocycles. The first-order valence-electron chi connectivity index (χ1n) is 9.27. The molecule has 2 atom stereocenters. The van der Waals surface area contributed by atoms with Crippen LogP contribution in [0.25, 0.3) is 0 Å². The molecule has 2 heteroatoms. The second kappa shape index (κ2) is 7.00. The summed E-state index contributed by atoms with van der Waals surface area (Å²) in [6, 6.07) is 0. The Morgan fingerprint density at radius 2 is 1.71 bits per heavy atom. The van der Waals surface area contributed by atoms with Crippen LogP contribution in [0.15, 0.2) is 0 Å². The third-order valence-corrected chi connectivity index (χ3v) is 5.89. The minimum absolute atomic E-state index is 0.244. The molecule has 124 valence electrons. The molecule has 1 saturated heterocycles. The minimum Gasteiger partial charge on any atom is -0.311 e. The number of nitrogens with zero attached hydrogens (tertiary/aromatic N) is 1. The lowest BCUT2D eigenvalue weighted by atomic mass is 9.72. The Hall–Kier alpha value is -0.0800. The molecule has 0 bridgehead atoms. The van der Waals surface area contributed by atoms with Gasteiger partial charge in [0, 0.05) is 25.2 Å². The SMILES string of the molecule is CC1CCN(CC2(CNC(C)(C)C)CCCCC2)CC1C. The summed E-state index contributed by atoms with van der Waals surface area (Å²) in [5, 5.41) is 3.82. The summed E-state index contributed by atoms with van der Waals surface area (Å²) < 4.78 is 0. The number of likely N-dealkylation sites (tertiary alicyclic amines) is 1. The Balaban J connectivity index is 1.95. The normalized spacial score (nSPS) is 31.3. The largest absolute Gasteiger partial charge is 0.311 e. The Labute approximate surface area is 133 Å². The third kappa shape index (κ3) is 5.25. The van der Waals surface area contributed by atoms with Crippen LogP contribution in [0.4, 0.5) is 0 Å². The van der Waals surface area contributed by atoms with Gasteiger partial charge in [0.15, 0.2) is 0 Å². The van der Waals surface area contributed by atoms with Gasteiger partial charge in [0.1, 0.15) is 0 Å². The van der Waals surface area contributed by atoms with E-state index in [-0.39, 0.29) is 5.54 Å². The zero-order chi connectivity index (χ0) is 15.5. The van der Waals surface area contributed by atoms with Crippen molar-refractivity contribution in [2.24, 2.45) is 17.3 Å². The lowest BCUT2D eigenvalue weighted by Gasteiger charge is -2.45. The van der Waals surface area contributed by atoms with E-state index in [2.05, 4.69) is 44.8 Å². The molecule has 2 nitrogen and oxygen atoms in total. The highest BCUT2D eigenvalue weighted by Crippen LogP contribution is 2.38. The van der Waals surface area contributed by atoms with E-state index in [0.29, 0.717) is 5.41 Å². The van der Waals surface area contributed by atoms with Crippen molar-refractivity contribution >= 4 is 0 Å². The fourth-order valence-electron chi connectivity index (χ4n) is 4.11. The third-order valence-electron chi connectivity index (χ3n) is 5.89. The lowest BCUT2D eigenvalue weighted by Crippen LogP contribution is -2.51. The maximum absolute atomic E-state index is 3.82. The number of nitrogens with one attached hydrogen (secondary N) is 1. The summed E-state index contributed by atoms with van der Waals surface area (Å²) >= 11 is 0. The van der Waals surface area contributed by atoms with E-state index in [0.717, 1.165) is 11.8 Å². The molecule has 2 aliphatic rings. The zero-order valence-electron chi connectivity index (χ0n) is 15.2. The maximum Gasteiger partial charge on any atom is 0.00967 e. The topological polar surface area (TPSA) is 15.3 Å². The van der Waals surface area contributed by atoms with Crippen molar-refractivity contribution < 1.29 is 0 Å². The molecule has 0 aromatic rings. The molecule has 0 aromatic heterocycles. The number of piperidine rings is 1. The van der Waals surface area contributed by atoms with E-state index >= 15 is 0 Å². The van der Waals surface area contributed by atoms with Crippen LogP contribution < -0.4 is 5.32 Å². The standard InChI is InChI=1S/C19H38N2/c1-16-9-12-21(13-17(16)2)15-19(10-7-6-8-11-19)14-20-18(3,4)5/h16-17,20H,6-15H2,1-5H3. The Morgan fingerprint density at radius 3 is 2.29 bits per heavy atom. The van der Waals surface area contributed by atoms with Gasteiger partial charge in [-0.1, -0.05) is 33.1 Å². The van der Waals surface area contributed by atoms with E-state index in [9.17, 15) is 0 Å². The van der Waals surface area contributed by atoms with Crippen molar-refractivity contribution in [2.75, 3.05) is 26.2 Å². The van der Waals surface area contributed by atoms with Gasteiger partial charge in [0.25, 0.3) is 0 Å². The molecule has 1 aliphatic heterocycles. The van der Waals surface area contributed by atoms with E-state index < -0.39 is 0 Å². The van der Waals surface area contributed by atoms with Gasteiger partial charge in [-0.2, -0.15) is 0 Å². The monoisotopic (exact) mass is 294 g/mol. The second-order valence-electron chi connectivity index (χ2n) is 9.14. The van der Waals surface area contributed by atoms with Crippen molar-refractivity contribution in [3.63, 3.8) is 0 Å². The van der Waals surface area contributed by atoms with E-state index in [1.807, 2.05) is 0 Å². The smallest absolute Gasteiger partial charge is 0.00967 e. The minimum atomic E-state index is 0.244. The highest BCUT2D eigenvalue weighted by atomic mass is 15.1. The molecule has 1 N–H and O–H groups in total. The predicted molar refractivity (Wildman–Crippen MR) is 92.7 cm³/mol. The summed E-state index contributed by atoms with van der Waals surface area (Å²) in [5.41, 5.74) is 0.778. The van der Waals surface area contributed by atoms with Crippen LogP contribution in [0.3, 0.4) is 0 Å². The molecule has 0 aromatic carbocycles. The molecular formula is C19H38N2. The van der Waals surface area contributed by atoms with Gasteiger partial charge < -0.3 is 10.2 Å². The van der Waals surface area contributed by atoms with Crippen LogP contribution >= 0.6 is 0 Å². The van der Waals surface area contributed by atoms with Crippen LogP contribution in [0.1, 0.15) is 73.1 Å². The molecule has 0 spiro atoms. The van der Waals surface area contributed by atoms with Crippen molar-refractivity contribution in [3.8, 4) is 0 Å². The van der Waals surface area contributed by atoms with Crippen molar-refractivity contribution in [1.82, 2.24) is 10.2 Å². The summed E-state index contributed by atoms with van der Waals surface area (Å²) in [7, 11) is 0. The second-order valence-corrected chi connectivity index (χ2v) is 9.14. The van der Waals surface area contributed by atoms with E-state index in [1.165, 1.54) is 64.7 Å².